The first-order valence-electron chi connectivity index (χ1n) is 7.93. The van der Waals surface area contributed by atoms with Crippen LogP contribution in [0.15, 0.2) is 0 Å². The van der Waals surface area contributed by atoms with E-state index in [-0.39, 0.29) is 25.4 Å². The molecule has 0 N–H and O–H groups in total. The number of ether oxygens (including phenoxy) is 3. The minimum atomic E-state index is -0.551. The predicted octanol–water partition coefficient (Wildman–Crippen LogP) is 4.64. The molecule has 0 unspecified atom stereocenters. The SMILES string of the molecule is C.CC.CC.CC.COC(=O)C(C)(C)C.COC(=O)COC(C)=O. The quantitative estimate of drug-likeness (QED) is 0.531. The third-order valence-corrected chi connectivity index (χ3v) is 1.42. The first-order valence-corrected chi connectivity index (χ1v) is 7.93. The lowest BCUT2D eigenvalue weighted by Crippen LogP contribution is -2.21. The van der Waals surface area contributed by atoms with Crippen LogP contribution >= 0.6 is 0 Å². The number of esters is 3. The fourth-order valence-corrected chi connectivity index (χ4v) is 0.526. The molecule has 6 heteroatoms. The molecule has 0 aromatic rings. The van der Waals surface area contributed by atoms with Crippen molar-refractivity contribution in [1.82, 2.24) is 0 Å². The van der Waals surface area contributed by atoms with Crippen molar-refractivity contribution in [2.24, 2.45) is 5.41 Å². The summed E-state index contributed by atoms with van der Waals surface area (Å²) in [6, 6.07) is 0. The smallest absolute Gasteiger partial charge is 0.344 e. The fourth-order valence-electron chi connectivity index (χ4n) is 0.526. The fraction of sp³-hybridized carbons (Fsp3) is 0.833. The van der Waals surface area contributed by atoms with Gasteiger partial charge in [-0.05, 0) is 20.8 Å². The highest BCUT2D eigenvalue weighted by Crippen LogP contribution is 2.13. The van der Waals surface area contributed by atoms with Crippen LogP contribution in [0.2, 0.25) is 0 Å². The van der Waals surface area contributed by atoms with Crippen molar-refractivity contribution in [3.8, 4) is 0 Å². The summed E-state index contributed by atoms with van der Waals surface area (Å²) in [4.78, 5) is 30.9. The number of hydrogen-bond acceptors (Lipinski definition) is 6. The largest absolute Gasteiger partial charge is 0.469 e. The number of rotatable bonds is 2. The number of methoxy groups -OCH3 is 2. The van der Waals surface area contributed by atoms with Crippen LogP contribution in [-0.4, -0.2) is 38.7 Å². The highest BCUT2D eigenvalue weighted by Gasteiger charge is 2.21. The van der Waals surface area contributed by atoms with E-state index in [4.69, 9.17) is 0 Å². The molecule has 0 rings (SSSR count). The van der Waals surface area contributed by atoms with Crippen molar-refractivity contribution in [2.75, 3.05) is 20.8 Å². The van der Waals surface area contributed by atoms with E-state index in [1.807, 2.05) is 62.3 Å². The highest BCUT2D eigenvalue weighted by atomic mass is 16.6. The van der Waals surface area contributed by atoms with Gasteiger partial charge in [-0.25, -0.2) is 4.79 Å². The first-order chi connectivity index (χ1) is 10.6. The van der Waals surface area contributed by atoms with Gasteiger partial charge in [-0.3, -0.25) is 9.59 Å². The Morgan fingerprint density at radius 3 is 1.25 bits per heavy atom. The average Bonchev–Trinajstić information content (AvgIpc) is 2.56. The summed E-state index contributed by atoms with van der Waals surface area (Å²) in [5.74, 6) is -1.21. The van der Waals surface area contributed by atoms with Crippen molar-refractivity contribution in [2.45, 2.75) is 76.7 Å². The second-order valence-electron chi connectivity index (χ2n) is 4.10. The van der Waals surface area contributed by atoms with Gasteiger partial charge < -0.3 is 14.2 Å². The van der Waals surface area contributed by atoms with Crippen LogP contribution in [0.5, 0.6) is 0 Å². The van der Waals surface area contributed by atoms with Crippen LogP contribution in [0.25, 0.3) is 0 Å². The van der Waals surface area contributed by atoms with Crippen LogP contribution in [0.4, 0.5) is 0 Å². The molecule has 24 heavy (non-hydrogen) atoms. The van der Waals surface area contributed by atoms with E-state index in [2.05, 4.69) is 14.2 Å². The standard InChI is InChI=1S/C6H12O2.C5H8O4.3C2H6.CH4/c1-6(2,3)5(7)8-4;1-4(6)9-3-5(7)8-2;3*1-2;/h1-4H3;3H2,1-2H3;3*1-2H3;1H4. The minimum absolute atomic E-state index is 0. The summed E-state index contributed by atoms with van der Waals surface area (Å²) in [7, 11) is 2.62. The van der Waals surface area contributed by atoms with Gasteiger partial charge in [-0.2, -0.15) is 0 Å². The van der Waals surface area contributed by atoms with Crippen molar-refractivity contribution < 1.29 is 28.6 Å². The number of hydrogen-bond donors (Lipinski definition) is 0. The summed E-state index contributed by atoms with van der Waals surface area (Å²) in [5, 5.41) is 0. The molecule has 0 bridgehead atoms. The van der Waals surface area contributed by atoms with E-state index in [9.17, 15) is 14.4 Å². The maximum absolute atomic E-state index is 10.6. The zero-order chi connectivity index (χ0) is 20.1. The van der Waals surface area contributed by atoms with Crippen LogP contribution in [0.3, 0.4) is 0 Å². The maximum atomic E-state index is 10.6. The molecular formula is C18H42O6. The van der Waals surface area contributed by atoms with Gasteiger partial charge in [0.05, 0.1) is 19.6 Å². The predicted molar refractivity (Wildman–Crippen MR) is 101 cm³/mol. The Morgan fingerprint density at radius 1 is 0.792 bits per heavy atom. The van der Waals surface area contributed by atoms with Crippen molar-refractivity contribution >= 4 is 17.9 Å². The molecule has 0 saturated carbocycles. The van der Waals surface area contributed by atoms with Gasteiger partial charge in [0, 0.05) is 6.92 Å². The number of carbonyl (C=O) groups excluding carboxylic acids is 3. The van der Waals surface area contributed by atoms with E-state index in [0.717, 1.165) is 0 Å². The molecule has 0 radical (unpaired) electrons. The third-order valence-electron chi connectivity index (χ3n) is 1.42. The molecule has 0 atom stereocenters. The zero-order valence-electron chi connectivity index (χ0n) is 17.2. The van der Waals surface area contributed by atoms with E-state index < -0.39 is 11.9 Å². The van der Waals surface area contributed by atoms with Crippen molar-refractivity contribution in [3.05, 3.63) is 0 Å². The van der Waals surface area contributed by atoms with Crippen LogP contribution in [-0.2, 0) is 28.6 Å². The van der Waals surface area contributed by atoms with Crippen LogP contribution in [0, 0.1) is 5.41 Å². The Morgan fingerprint density at radius 2 is 1.12 bits per heavy atom. The van der Waals surface area contributed by atoms with E-state index in [1.54, 1.807) is 0 Å². The molecule has 0 aliphatic carbocycles. The zero-order valence-corrected chi connectivity index (χ0v) is 17.2. The van der Waals surface area contributed by atoms with Crippen LogP contribution < -0.4 is 0 Å². The lowest BCUT2D eigenvalue weighted by Gasteiger charge is -2.13. The van der Waals surface area contributed by atoms with Gasteiger partial charge in [0.15, 0.2) is 6.61 Å². The normalized spacial score (nSPS) is 7.50. The van der Waals surface area contributed by atoms with Gasteiger partial charge in [-0.1, -0.05) is 49.0 Å². The molecule has 0 aromatic heterocycles. The van der Waals surface area contributed by atoms with Gasteiger partial charge in [0.1, 0.15) is 0 Å². The van der Waals surface area contributed by atoms with Crippen LogP contribution in [0.1, 0.15) is 76.7 Å². The van der Waals surface area contributed by atoms with E-state index in [1.165, 1.54) is 21.1 Å². The Hall–Kier alpha value is -1.59. The molecule has 0 amide bonds. The summed E-state index contributed by atoms with van der Waals surface area (Å²) in [6.07, 6.45) is 0. The topological polar surface area (TPSA) is 78.9 Å². The van der Waals surface area contributed by atoms with Crippen molar-refractivity contribution in [1.29, 1.82) is 0 Å². The summed E-state index contributed by atoms with van der Waals surface area (Å²) >= 11 is 0. The molecule has 0 aliphatic heterocycles. The third kappa shape index (κ3) is 42.8. The van der Waals surface area contributed by atoms with Gasteiger partial charge in [-0.15, -0.1) is 0 Å². The van der Waals surface area contributed by atoms with Gasteiger partial charge in [0.25, 0.3) is 0 Å². The maximum Gasteiger partial charge on any atom is 0.344 e. The summed E-state index contributed by atoms with van der Waals surface area (Å²) in [5.41, 5.74) is -0.352. The highest BCUT2D eigenvalue weighted by molar-refractivity contribution is 5.75. The molecule has 0 aliphatic rings. The monoisotopic (exact) mass is 354 g/mol. The first kappa shape index (κ1) is 38.1. The molecule has 0 saturated heterocycles. The van der Waals surface area contributed by atoms with Gasteiger partial charge in [0.2, 0.25) is 0 Å². The lowest BCUT2D eigenvalue weighted by atomic mass is 9.98. The molecule has 6 nitrogen and oxygen atoms in total. The molecule has 0 spiro atoms. The second-order valence-corrected chi connectivity index (χ2v) is 4.10. The second kappa shape index (κ2) is 29.4. The molecular weight excluding hydrogens is 312 g/mol. The number of carbonyl (C=O) groups is 3. The molecule has 0 aromatic carbocycles. The van der Waals surface area contributed by atoms with Crippen molar-refractivity contribution in [3.63, 3.8) is 0 Å². The Bertz CT molecular complexity index is 267. The summed E-state index contributed by atoms with van der Waals surface area (Å²) < 4.78 is 12.9. The molecule has 0 fully saturated rings. The Kier molecular flexibility index (Phi) is 46.8. The average molecular weight is 355 g/mol. The van der Waals surface area contributed by atoms with E-state index in [0.29, 0.717) is 0 Å². The Balaban J connectivity index is -0.0000000498. The molecule has 0 heterocycles. The minimum Gasteiger partial charge on any atom is -0.469 e. The summed E-state index contributed by atoms with van der Waals surface area (Å²) in [6.45, 7) is 18.4. The van der Waals surface area contributed by atoms with E-state index >= 15 is 0 Å². The van der Waals surface area contributed by atoms with Gasteiger partial charge >= 0.3 is 17.9 Å². The Labute approximate surface area is 150 Å². The molecule has 150 valence electrons. The lowest BCUT2D eigenvalue weighted by molar-refractivity contribution is -0.155.